The number of ether oxygens (including phenoxy) is 7. The number of nitrogens with one attached hydrogen (secondary N) is 1. The van der Waals surface area contributed by atoms with Crippen LogP contribution in [0.5, 0.6) is 0 Å². The van der Waals surface area contributed by atoms with Gasteiger partial charge in [-0.3, -0.25) is 4.79 Å². The molecule has 0 radical (unpaired) electrons. The molecule has 3 aliphatic heterocycles. The number of halogens is 1. The van der Waals surface area contributed by atoms with Gasteiger partial charge < -0.3 is 58.9 Å². The van der Waals surface area contributed by atoms with Crippen LogP contribution >= 0.6 is 11.6 Å². The highest BCUT2D eigenvalue weighted by molar-refractivity contribution is 6.33. The van der Waals surface area contributed by atoms with Crippen LogP contribution in [0.3, 0.4) is 0 Å². The molecule has 6 rings (SSSR count). The average Bonchev–Trinajstić information content (AvgIpc) is 3.13. The van der Waals surface area contributed by atoms with Gasteiger partial charge in [0.1, 0.15) is 55.4 Å². The topological polar surface area (TPSA) is 192 Å². The number of anilines is 1. The molecule has 268 valence electrons. The predicted molar refractivity (Wildman–Crippen MR) is 173 cm³/mol. The van der Waals surface area contributed by atoms with E-state index in [-0.39, 0.29) is 24.7 Å². The van der Waals surface area contributed by atoms with Gasteiger partial charge in [-0.1, -0.05) is 66.2 Å². The number of aliphatic hydroxyl groups excluding tert-OH is 4. The van der Waals surface area contributed by atoms with E-state index < -0.39 is 80.3 Å². The van der Waals surface area contributed by atoms with E-state index in [9.17, 15) is 30.0 Å². The standard InChI is InChI=1S/C35H38ClNO13/c1-18(38)37-23-14-19(12-13-22(23)36)15-45-34-28(41)26(39)31(24(47-34)16-44-32(43)20-8-4-2-5-9-20)50-35-29(42)27(40)30-25(48-35)17-46-33(49-30)21-10-6-3-7-11-21/h2-14,24-31,33-35,39-42H,15-17H2,1H3,(H,37,38)/t24-,25?,26+,27+,28-,29-,30?,31-,33+,34+,35+/m0/s1. The van der Waals surface area contributed by atoms with Crippen LogP contribution in [-0.2, 0) is 44.6 Å². The lowest BCUT2D eigenvalue weighted by molar-refractivity contribution is -0.386. The lowest BCUT2D eigenvalue weighted by Gasteiger charge is -2.48. The summed E-state index contributed by atoms with van der Waals surface area (Å²) in [7, 11) is 0. The van der Waals surface area contributed by atoms with E-state index in [4.69, 9.17) is 44.8 Å². The third-order valence-corrected chi connectivity index (χ3v) is 8.81. The fourth-order valence-electron chi connectivity index (χ4n) is 5.91. The van der Waals surface area contributed by atoms with Gasteiger partial charge >= 0.3 is 5.97 Å². The maximum absolute atomic E-state index is 12.8. The molecule has 3 aliphatic rings. The molecule has 2 unspecified atom stereocenters. The van der Waals surface area contributed by atoms with Gasteiger partial charge in [-0.05, 0) is 29.8 Å². The first kappa shape index (κ1) is 36.3. The average molecular weight is 716 g/mol. The summed E-state index contributed by atoms with van der Waals surface area (Å²) in [5.74, 6) is -1.01. The fraction of sp³-hybridized carbons (Fsp3) is 0.429. The summed E-state index contributed by atoms with van der Waals surface area (Å²) in [5.41, 5.74) is 1.89. The van der Waals surface area contributed by atoms with Gasteiger partial charge in [0.25, 0.3) is 0 Å². The summed E-state index contributed by atoms with van der Waals surface area (Å²) in [6.07, 6.45) is -14.8. The Bertz CT molecular complexity index is 1600. The highest BCUT2D eigenvalue weighted by atomic mass is 35.5. The van der Waals surface area contributed by atoms with E-state index in [1.165, 1.54) is 6.92 Å². The van der Waals surface area contributed by atoms with Crippen molar-refractivity contribution in [3.63, 3.8) is 0 Å². The summed E-state index contributed by atoms with van der Waals surface area (Å²) in [6, 6.07) is 22.1. The quantitative estimate of drug-likeness (QED) is 0.192. The number of amides is 1. The summed E-state index contributed by atoms with van der Waals surface area (Å²) in [6.45, 7) is 0.731. The zero-order valence-corrected chi connectivity index (χ0v) is 27.6. The molecule has 0 aromatic heterocycles. The van der Waals surface area contributed by atoms with E-state index in [0.29, 0.717) is 16.3 Å². The van der Waals surface area contributed by atoms with E-state index in [0.717, 1.165) is 5.56 Å². The Morgan fingerprint density at radius 2 is 1.56 bits per heavy atom. The zero-order chi connectivity index (χ0) is 35.4. The fourth-order valence-corrected chi connectivity index (χ4v) is 6.08. The van der Waals surface area contributed by atoms with E-state index in [1.807, 2.05) is 18.2 Å². The minimum Gasteiger partial charge on any atom is -0.459 e. The number of esters is 1. The number of hydrogen-bond acceptors (Lipinski definition) is 13. The van der Waals surface area contributed by atoms with Crippen molar-refractivity contribution < 1.29 is 63.2 Å². The molecule has 0 saturated carbocycles. The van der Waals surface area contributed by atoms with Crippen LogP contribution in [0.1, 0.15) is 34.7 Å². The zero-order valence-electron chi connectivity index (χ0n) is 26.8. The minimum atomic E-state index is -1.71. The number of carbonyl (C=O) groups is 2. The number of hydrogen-bond donors (Lipinski definition) is 5. The van der Waals surface area contributed by atoms with Crippen molar-refractivity contribution in [2.75, 3.05) is 18.5 Å². The van der Waals surface area contributed by atoms with Crippen LogP contribution in [0.25, 0.3) is 0 Å². The van der Waals surface area contributed by atoms with Crippen LogP contribution in [0.15, 0.2) is 78.9 Å². The molecule has 1 amide bonds. The molecule has 15 heteroatoms. The molecule has 0 spiro atoms. The molecular weight excluding hydrogens is 678 g/mol. The smallest absolute Gasteiger partial charge is 0.338 e. The molecule has 3 fully saturated rings. The Morgan fingerprint density at radius 1 is 0.860 bits per heavy atom. The monoisotopic (exact) mass is 715 g/mol. The molecule has 3 aromatic carbocycles. The molecule has 0 aliphatic carbocycles. The van der Waals surface area contributed by atoms with Gasteiger partial charge in [-0.15, -0.1) is 0 Å². The third-order valence-electron chi connectivity index (χ3n) is 8.48. The van der Waals surface area contributed by atoms with Crippen molar-refractivity contribution >= 4 is 29.2 Å². The Labute approximate surface area is 292 Å². The lowest BCUT2D eigenvalue weighted by Crippen LogP contribution is -2.66. The molecule has 5 N–H and O–H groups in total. The normalized spacial score (nSPS) is 32.5. The molecular formula is C35H38ClNO13. The second-order valence-corrected chi connectivity index (χ2v) is 12.5. The molecule has 3 heterocycles. The summed E-state index contributed by atoms with van der Waals surface area (Å²) in [5, 5.41) is 47.5. The van der Waals surface area contributed by atoms with Gasteiger partial charge in [0.15, 0.2) is 18.9 Å². The van der Waals surface area contributed by atoms with Crippen LogP contribution in [0.2, 0.25) is 5.02 Å². The second-order valence-electron chi connectivity index (χ2n) is 12.1. The van der Waals surface area contributed by atoms with Gasteiger partial charge in [-0.2, -0.15) is 0 Å². The first-order valence-electron chi connectivity index (χ1n) is 16.0. The van der Waals surface area contributed by atoms with Crippen molar-refractivity contribution in [3.8, 4) is 0 Å². The van der Waals surface area contributed by atoms with Crippen LogP contribution in [0.4, 0.5) is 5.69 Å². The van der Waals surface area contributed by atoms with Crippen molar-refractivity contribution in [2.45, 2.75) is 81.2 Å². The predicted octanol–water partition coefficient (Wildman–Crippen LogP) is 2.06. The molecule has 0 bridgehead atoms. The van der Waals surface area contributed by atoms with E-state index >= 15 is 0 Å². The van der Waals surface area contributed by atoms with Crippen molar-refractivity contribution in [1.82, 2.24) is 0 Å². The van der Waals surface area contributed by atoms with Crippen LogP contribution in [-0.4, -0.2) is 107 Å². The second kappa shape index (κ2) is 16.2. The van der Waals surface area contributed by atoms with E-state index in [2.05, 4.69) is 5.32 Å². The number of aliphatic hydroxyl groups is 4. The maximum Gasteiger partial charge on any atom is 0.338 e. The highest BCUT2D eigenvalue weighted by Crippen LogP contribution is 2.36. The van der Waals surface area contributed by atoms with Gasteiger partial charge in [0.2, 0.25) is 5.91 Å². The minimum absolute atomic E-state index is 0.0113. The van der Waals surface area contributed by atoms with Crippen molar-refractivity contribution in [2.24, 2.45) is 0 Å². The summed E-state index contributed by atoms with van der Waals surface area (Å²) >= 11 is 6.17. The first-order chi connectivity index (χ1) is 24.1. The molecule has 3 saturated heterocycles. The number of fused-ring (bicyclic) bond motifs is 1. The van der Waals surface area contributed by atoms with Crippen LogP contribution < -0.4 is 5.32 Å². The first-order valence-corrected chi connectivity index (χ1v) is 16.4. The maximum atomic E-state index is 12.8. The van der Waals surface area contributed by atoms with E-state index in [1.54, 1.807) is 60.7 Å². The Kier molecular flexibility index (Phi) is 11.8. The Balaban J connectivity index is 1.16. The number of benzene rings is 3. The van der Waals surface area contributed by atoms with Gasteiger partial charge in [0, 0.05) is 12.5 Å². The molecule has 11 atom stereocenters. The Morgan fingerprint density at radius 3 is 2.28 bits per heavy atom. The molecule has 50 heavy (non-hydrogen) atoms. The lowest BCUT2D eigenvalue weighted by atomic mass is 9.96. The molecule has 3 aromatic rings. The summed E-state index contributed by atoms with van der Waals surface area (Å²) < 4.78 is 41.1. The van der Waals surface area contributed by atoms with Gasteiger partial charge in [-0.25, -0.2) is 4.79 Å². The van der Waals surface area contributed by atoms with Gasteiger partial charge in [0.05, 0.1) is 29.5 Å². The summed E-state index contributed by atoms with van der Waals surface area (Å²) in [4.78, 5) is 24.4. The number of rotatable bonds is 10. The van der Waals surface area contributed by atoms with Crippen molar-refractivity contribution in [3.05, 3.63) is 101 Å². The largest absolute Gasteiger partial charge is 0.459 e. The van der Waals surface area contributed by atoms with Crippen LogP contribution in [0, 0.1) is 0 Å². The number of carbonyl (C=O) groups excluding carboxylic acids is 2. The van der Waals surface area contributed by atoms with Crippen molar-refractivity contribution in [1.29, 1.82) is 0 Å². The third kappa shape index (κ3) is 8.33. The molecule has 14 nitrogen and oxygen atoms in total. The Hall–Kier alpha value is -3.51. The SMILES string of the molecule is CC(=O)Nc1cc(CO[C@@H]2O[C@@H](COC(=O)c3ccccc3)[C@H](O[C@H]3OC4CO[C@@H](c5ccccc5)OC4[C@H](O)[C@@H]3O)[C@H](O)[C@@H]2O)ccc1Cl. The highest BCUT2D eigenvalue weighted by Gasteiger charge is 2.53.